The van der Waals surface area contributed by atoms with Crippen LogP contribution in [0.5, 0.6) is 0 Å². The van der Waals surface area contributed by atoms with Gasteiger partial charge in [0.2, 0.25) is 0 Å². The fourth-order valence-electron chi connectivity index (χ4n) is 4.52. The Hall–Kier alpha value is -3.48. The molecule has 6 nitrogen and oxygen atoms in total. The molecule has 1 N–H and O–H groups in total. The fourth-order valence-corrected chi connectivity index (χ4v) is 4.52. The van der Waals surface area contributed by atoms with Gasteiger partial charge in [-0.2, -0.15) is 0 Å². The van der Waals surface area contributed by atoms with Crippen molar-refractivity contribution in [3.05, 3.63) is 101 Å². The first-order chi connectivity index (χ1) is 16.2. The molecule has 2 amide bonds. The minimum Gasteiger partial charge on any atom is -0.379 e. The predicted molar refractivity (Wildman–Crippen MR) is 127 cm³/mol. The van der Waals surface area contributed by atoms with Crippen LogP contribution in [0.4, 0.5) is 5.69 Å². The maximum absolute atomic E-state index is 13.5. The minimum atomic E-state index is -0.709. The molecule has 168 valence electrons. The molecule has 1 atom stereocenters. The summed E-state index contributed by atoms with van der Waals surface area (Å²) in [5.41, 5.74) is 4.32. The Balaban J connectivity index is 1.33. The van der Waals surface area contributed by atoms with Crippen LogP contribution < -0.4 is 5.32 Å². The smallest absolute Gasteiger partial charge is 0.255 e. The van der Waals surface area contributed by atoms with Crippen LogP contribution in [0.15, 0.2) is 78.9 Å². The molecule has 1 saturated heterocycles. The molecule has 1 fully saturated rings. The quantitative estimate of drug-likeness (QED) is 0.631. The molecule has 33 heavy (non-hydrogen) atoms. The van der Waals surface area contributed by atoms with E-state index in [0.717, 1.165) is 49.7 Å². The number of carbonyl (C=O) groups is 2. The molecule has 0 bridgehead atoms. The highest BCUT2D eigenvalue weighted by molar-refractivity contribution is 6.03. The van der Waals surface area contributed by atoms with Gasteiger partial charge in [0.15, 0.2) is 0 Å². The summed E-state index contributed by atoms with van der Waals surface area (Å²) >= 11 is 0. The normalized spacial score (nSPS) is 17.0. The van der Waals surface area contributed by atoms with Gasteiger partial charge < -0.3 is 15.0 Å². The van der Waals surface area contributed by atoms with Crippen LogP contribution in [0, 0.1) is 0 Å². The van der Waals surface area contributed by atoms with Crippen molar-refractivity contribution in [2.45, 2.75) is 19.1 Å². The summed E-state index contributed by atoms with van der Waals surface area (Å²) in [5, 5.41) is 3.03. The summed E-state index contributed by atoms with van der Waals surface area (Å²) in [6.45, 7) is 4.69. The Morgan fingerprint density at radius 2 is 1.61 bits per heavy atom. The highest BCUT2D eigenvalue weighted by Crippen LogP contribution is 2.32. The van der Waals surface area contributed by atoms with E-state index in [1.165, 1.54) is 5.56 Å². The Morgan fingerprint density at radius 1 is 0.909 bits per heavy atom. The van der Waals surface area contributed by atoms with Crippen molar-refractivity contribution in [1.29, 1.82) is 0 Å². The molecule has 3 aromatic carbocycles. The van der Waals surface area contributed by atoms with Crippen LogP contribution in [0.2, 0.25) is 0 Å². The lowest BCUT2D eigenvalue weighted by atomic mass is 10.0. The van der Waals surface area contributed by atoms with Crippen molar-refractivity contribution < 1.29 is 14.3 Å². The number of ether oxygens (including phenoxy) is 1. The second kappa shape index (κ2) is 9.57. The Bertz CT molecular complexity index is 1120. The van der Waals surface area contributed by atoms with Gasteiger partial charge in [-0.25, -0.2) is 0 Å². The number of amides is 2. The second-order valence-electron chi connectivity index (χ2n) is 8.48. The number of fused-ring (bicyclic) bond motifs is 1. The van der Waals surface area contributed by atoms with E-state index in [1.54, 1.807) is 4.90 Å². The summed E-state index contributed by atoms with van der Waals surface area (Å²) in [5.74, 6) is -0.334. The SMILES string of the molecule is O=C(Nc1ccc(CN2CCOCC2)cc1)[C@@H](c1ccccc1)N1Cc2ccccc2C1=O. The lowest BCUT2D eigenvalue weighted by molar-refractivity contribution is -0.120. The predicted octanol–water partition coefficient (Wildman–Crippen LogP) is 3.85. The summed E-state index contributed by atoms with van der Waals surface area (Å²) in [7, 11) is 0. The average molecular weight is 442 g/mol. The van der Waals surface area contributed by atoms with Crippen molar-refractivity contribution in [3.8, 4) is 0 Å². The molecule has 0 spiro atoms. The third-order valence-corrected chi connectivity index (χ3v) is 6.26. The fraction of sp³-hybridized carbons (Fsp3) is 0.259. The number of carbonyl (C=O) groups excluding carboxylic acids is 2. The van der Waals surface area contributed by atoms with E-state index in [2.05, 4.69) is 10.2 Å². The third-order valence-electron chi connectivity index (χ3n) is 6.26. The zero-order chi connectivity index (χ0) is 22.6. The molecule has 0 aromatic heterocycles. The molecular formula is C27H27N3O3. The van der Waals surface area contributed by atoms with Crippen LogP contribution in [-0.4, -0.2) is 47.9 Å². The number of benzene rings is 3. The van der Waals surface area contributed by atoms with Crippen LogP contribution in [0.1, 0.15) is 33.1 Å². The van der Waals surface area contributed by atoms with Crippen LogP contribution in [0.3, 0.4) is 0 Å². The van der Waals surface area contributed by atoms with E-state index >= 15 is 0 Å². The lowest BCUT2D eigenvalue weighted by Gasteiger charge is -2.27. The van der Waals surface area contributed by atoms with E-state index in [-0.39, 0.29) is 11.8 Å². The molecule has 0 saturated carbocycles. The summed E-state index contributed by atoms with van der Waals surface area (Å²) in [4.78, 5) is 30.6. The van der Waals surface area contributed by atoms with Gasteiger partial charge in [-0.3, -0.25) is 14.5 Å². The number of hydrogen-bond donors (Lipinski definition) is 1. The standard InChI is InChI=1S/C27H27N3O3/c31-26(28-23-12-10-20(11-13-23)18-29-14-16-33-17-15-29)25(21-6-2-1-3-7-21)30-19-22-8-4-5-9-24(22)27(30)32/h1-13,25H,14-19H2,(H,28,31)/t25-/m1/s1. The van der Waals surface area contributed by atoms with Gasteiger partial charge in [0.1, 0.15) is 6.04 Å². The zero-order valence-corrected chi connectivity index (χ0v) is 18.4. The van der Waals surface area contributed by atoms with E-state index in [0.29, 0.717) is 12.1 Å². The largest absolute Gasteiger partial charge is 0.379 e. The Labute approximate surface area is 193 Å². The number of nitrogens with one attached hydrogen (secondary N) is 1. The highest BCUT2D eigenvalue weighted by Gasteiger charge is 2.37. The molecule has 0 aliphatic carbocycles. The minimum absolute atomic E-state index is 0.115. The molecule has 3 aromatic rings. The van der Waals surface area contributed by atoms with E-state index in [1.807, 2.05) is 78.9 Å². The summed E-state index contributed by atoms with van der Waals surface area (Å²) < 4.78 is 5.41. The summed E-state index contributed by atoms with van der Waals surface area (Å²) in [6.07, 6.45) is 0. The van der Waals surface area contributed by atoms with Crippen molar-refractivity contribution in [3.63, 3.8) is 0 Å². The first-order valence-electron chi connectivity index (χ1n) is 11.3. The number of rotatable bonds is 6. The van der Waals surface area contributed by atoms with Gasteiger partial charge in [0, 0.05) is 37.4 Å². The van der Waals surface area contributed by atoms with Crippen LogP contribution in [0.25, 0.3) is 0 Å². The Morgan fingerprint density at radius 3 is 2.33 bits per heavy atom. The van der Waals surface area contributed by atoms with E-state index in [4.69, 9.17) is 4.74 Å². The van der Waals surface area contributed by atoms with Gasteiger partial charge in [-0.05, 0) is 34.9 Å². The number of anilines is 1. The second-order valence-corrected chi connectivity index (χ2v) is 8.48. The van der Waals surface area contributed by atoms with Gasteiger partial charge in [0.25, 0.3) is 11.8 Å². The van der Waals surface area contributed by atoms with Gasteiger partial charge in [0.05, 0.1) is 13.2 Å². The monoisotopic (exact) mass is 441 g/mol. The maximum Gasteiger partial charge on any atom is 0.255 e. The highest BCUT2D eigenvalue weighted by atomic mass is 16.5. The van der Waals surface area contributed by atoms with Crippen LogP contribution >= 0.6 is 0 Å². The number of nitrogens with zero attached hydrogens (tertiary/aromatic N) is 2. The lowest BCUT2D eigenvalue weighted by Crippen LogP contribution is -2.37. The van der Waals surface area contributed by atoms with Crippen molar-refractivity contribution in [2.75, 3.05) is 31.6 Å². The summed E-state index contributed by atoms with van der Waals surface area (Å²) in [6, 6.07) is 24.3. The first-order valence-corrected chi connectivity index (χ1v) is 11.3. The van der Waals surface area contributed by atoms with Gasteiger partial charge in [-0.1, -0.05) is 60.7 Å². The van der Waals surface area contributed by atoms with E-state index in [9.17, 15) is 9.59 Å². The Kier molecular flexibility index (Phi) is 6.19. The van der Waals surface area contributed by atoms with E-state index < -0.39 is 6.04 Å². The molecule has 2 aliphatic rings. The van der Waals surface area contributed by atoms with Crippen molar-refractivity contribution >= 4 is 17.5 Å². The average Bonchev–Trinajstić information content (AvgIpc) is 3.18. The molecule has 5 rings (SSSR count). The molecule has 0 unspecified atom stereocenters. The third kappa shape index (κ3) is 4.67. The van der Waals surface area contributed by atoms with Gasteiger partial charge >= 0.3 is 0 Å². The number of morpholine rings is 1. The molecular weight excluding hydrogens is 414 g/mol. The van der Waals surface area contributed by atoms with Crippen molar-refractivity contribution in [1.82, 2.24) is 9.80 Å². The first kappa shape index (κ1) is 21.4. The maximum atomic E-state index is 13.5. The molecule has 2 aliphatic heterocycles. The topological polar surface area (TPSA) is 61.9 Å². The van der Waals surface area contributed by atoms with Crippen molar-refractivity contribution in [2.24, 2.45) is 0 Å². The molecule has 6 heteroatoms. The molecule has 2 heterocycles. The number of hydrogen-bond acceptors (Lipinski definition) is 4. The van der Waals surface area contributed by atoms with Gasteiger partial charge in [-0.15, -0.1) is 0 Å². The van der Waals surface area contributed by atoms with Crippen LogP contribution in [-0.2, 0) is 22.6 Å². The molecule has 0 radical (unpaired) electrons. The zero-order valence-electron chi connectivity index (χ0n) is 18.4.